The van der Waals surface area contributed by atoms with E-state index >= 15 is 0 Å². The molecule has 0 saturated heterocycles. The monoisotopic (exact) mass is 193 g/mol. The average molecular weight is 193 g/mol. The molecule has 0 aliphatic carbocycles. The summed E-state index contributed by atoms with van der Waals surface area (Å²) in [6.45, 7) is 4.83. The van der Waals surface area contributed by atoms with Gasteiger partial charge in [0.1, 0.15) is 5.78 Å². The first-order valence-electron chi connectivity index (χ1n) is 3.84. The topological polar surface area (TPSA) is 63.2 Å². The Kier molecular flexibility index (Phi) is 4.41. The molecule has 0 aromatic rings. The lowest BCUT2D eigenvalue weighted by atomic mass is 10.3. The van der Waals surface area contributed by atoms with Crippen LogP contribution in [0.1, 0.15) is 27.2 Å². The number of ketones is 1. The van der Waals surface area contributed by atoms with Crippen LogP contribution in [0.15, 0.2) is 0 Å². The van der Waals surface area contributed by atoms with Gasteiger partial charge in [-0.3, -0.25) is 4.79 Å². The van der Waals surface area contributed by atoms with Gasteiger partial charge in [0.05, 0.1) is 5.25 Å². The van der Waals surface area contributed by atoms with E-state index in [2.05, 4.69) is 4.72 Å². The van der Waals surface area contributed by atoms with Crippen LogP contribution < -0.4 is 4.72 Å². The Morgan fingerprint density at radius 3 is 2.25 bits per heavy atom. The molecule has 0 atom stereocenters. The summed E-state index contributed by atoms with van der Waals surface area (Å²) in [6.07, 6.45) is 0.256. The number of sulfonamides is 1. The normalized spacial score (nSPS) is 12.0. The van der Waals surface area contributed by atoms with Crippen molar-refractivity contribution < 1.29 is 13.2 Å². The fourth-order valence-corrected chi connectivity index (χ4v) is 1.26. The zero-order valence-corrected chi connectivity index (χ0v) is 8.44. The molecule has 5 heteroatoms. The second-order valence-corrected chi connectivity index (χ2v) is 5.26. The van der Waals surface area contributed by atoms with Gasteiger partial charge < -0.3 is 0 Å². The molecule has 0 aromatic heterocycles. The lowest BCUT2D eigenvalue weighted by Crippen LogP contribution is -2.32. The van der Waals surface area contributed by atoms with E-state index in [1.54, 1.807) is 13.8 Å². The lowest BCUT2D eigenvalue weighted by molar-refractivity contribution is -0.116. The van der Waals surface area contributed by atoms with Gasteiger partial charge in [0.15, 0.2) is 0 Å². The van der Waals surface area contributed by atoms with Crippen molar-refractivity contribution in [2.75, 3.05) is 6.54 Å². The Hall–Kier alpha value is -0.420. The van der Waals surface area contributed by atoms with Crippen LogP contribution in [0.4, 0.5) is 0 Å². The molecule has 0 unspecified atom stereocenters. The summed E-state index contributed by atoms with van der Waals surface area (Å²) in [6, 6.07) is 0. The van der Waals surface area contributed by atoms with Crippen molar-refractivity contribution in [3.8, 4) is 0 Å². The van der Waals surface area contributed by atoms with Crippen molar-refractivity contribution in [3.63, 3.8) is 0 Å². The standard InChI is InChI=1S/C7H15NO3S/c1-6(2)12(10,11)8-5-4-7(3)9/h6,8H,4-5H2,1-3H3. The maximum atomic E-state index is 11.1. The highest BCUT2D eigenvalue weighted by Crippen LogP contribution is 1.95. The quantitative estimate of drug-likeness (QED) is 0.682. The number of carbonyl (C=O) groups is 1. The first-order valence-corrected chi connectivity index (χ1v) is 5.39. The smallest absolute Gasteiger partial charge is 0.213 e. The van der Waals surface area contributed by atoms with Gasteiger partial charge in [-0.05, 0) is 20.8 Å². The van der Waals surface area contributed by atoms with Gasteiger partial charge in [0.25, 0.3) is 0 Å². The van der Waals surface area contributed by atoms with Crippen molar-refractivity contribution in [1.29, 1.82) is 0 Å². The molecule has 1 N–H and O–H groups in total. The number of nitrogens with one attached hydrogen (secondary N) is 1. The van der Waals surface area contributed by atoms with Crippen LogP contribution in [-0.4, -0.2) is 26.0 Å². The molecule has 0 aliphatic heterocycles. The summed E-state index contributed by atoms with van der Waals surface area (Å²) >= 11 is 0. The number of hydrogen-bond donors (Lipinski definition) is 1. The number of Topliss-reactive ketones (excluding diaryl/α,β-unsaturated/α-hetero) is 1. The largest absolute Gasteiger partial charge is 0.300 e. The summed E-state index contributed by atoms with van der Waals surface area (Å²) in [5.74, 6) is -0.0125. The summed E-state index contributed by atoms with van der Waals surface area (Å²) in [5, 5.41) is -0.440. The molecule has 4 nitrogen and oxygen atoms in total. The van der Waals surface area contributed by atoms with Crippen LogP contribution in [0.2, 0.25) is 0 Å². The third-order valence-electron chi connectivity index (χ3n) is 1.40. The third kappa shape index (κ3) is 4.46. The molecule has 0 spiro atoms. The highest BCUT2D eigenvalue weighted by molar-refractivity contribution is 7.90. The fraction of sp³-hybridized carbons (Fsp3) is 0.857. The Bertz CT molecular complexity index is 243. The third-order valence-corrected chi connectivity index (χ3v) is 3.25. The average Bonchev–Trinajstić information content (AvgIpc) is 1.85. The minimum absolute atomic E-state index is 0.0125. The molecule has 0 radical (unpaired) electrons. The van der Waals surface area contributed by atoms with E-state index < -0.39 is 15.3 Å². The maximum Gasteiger partial charge on any atom is 0.213 e. The summed E-state index contributed by atoms with van der Waals surface area (Å²) < 4.78 is 24.5. The number of carbonyl (C=O) groups excluding carboxylic acids is 1. The Morgan fingerprint density at radius 1 is 1.42 bits per heavy atom. The second-order valence-electron chi connectivity index (χ2n) is 2.94. The van der Waals surface area contributed by atoms with Gasteiger partial charge in [-0.15, -0.1) is 0 Å². The van der Waals surface area contributed by atoms with Gasteiger partial charge in [-0.1, -0.05) is 0 Å². The summed E-state index contributed by atoms with van der Waals surface area (Å²) in [4.78, 5) is 10.5. The predicted octanol–water partition coefficient (Wildman–Crippen LogP) is 0.293. The fourth-order valence-electron chi connectivity index (χ4n) is 0.536. The zero-order chi connectivity index (χ0) is 9.78. The molecule has 0 saturated carbocycles. The van der Waals surface area contributed by atoms with Crippen molar-refractivity contribution in [2.24, 2.45) is 0 Å². The summed E-state index contributed by atoms with van der Waals surface area (Å²) in [7, 11) is -3.20. The SMILES string of the molecule is CC(=O)CCNS(=O)(=O)C(C)C. The van der Waals surface area contributed by atoms with E-state index in [0.717, 1.165) is 0 Å². The highest BCUT2D eigenvalue weighted by Gasteiger charge is 2.14. The van der Waals surface area contributed by atoms with Gasteiger partial charge in [0.2, 0.25) is 10.0 Å². The molecule has 0 amide bonds. The minimum atomic E-state index is -3.20. The van der Waals surface area contributed by atoms with Crippen molar-refractivity contribution >= 4 is 15.8 Å². The minimum Gasteiger partial charge on any atom is -0.300 e. The second kappa shape index (κ2) is 4.57. The van der Waals surface area contributed by atoms with Gasteiger partial charge >= 0.3 is 0 Å². The molecule has 0 aliphatic rings. The number of rotatable bonds is 5. The first kappa shape index (κ1) is 11.6. The van der Waals surface area contributed by atoms with Crippen LogP contribution in [0.5, 0.6) is 0 Å². The van der Waals surface area contributed by atoms with E-state index in [0.29, 0.717) is 0 Å². The molecule has 12 heavy (non-hydrogen) atoms. The van der Waals surface area contributed by atoms with Crippen LogP contribution in [0, 0.1) is 0 Å². The molecule has 0 aromatic carbocycles. The van der Waals surface area contributed by atoms with Crippen LogP contribution in [-0.2, 0) is 14.8 Å². The van der Waals surface area contributed by atoms with Gasteiger partial charge in [-0.25, -0.2) is 13.1 Å². The van der Waals surface area contributed by atoms with Crippen LogP contribution in [0.25, 0.3) is 0 Å². The van der Waals surface area contributed by atoms with Gasteiger partial charge in [0, 0.05) is 13.0 Å². The molecule has 0 fully saturated rings. The van der Waals surface area contributed by atoms with E-state index in [1.165, 1.54) is 6.92 Å². The first-order chi connectivity index (χ1) is 5.36. The maximum absolute atomic E-state index is 11.1. The van der Waals surface area contributed by atoms with E-state index in [1.807, 2.05) is 0 Å². The molecular weight excluding hydrogens is 178 g/mol. The van der Waals surface area contributed by atoms with Crippen molar-refractivity contribution in [2.45, 2.75) is 32.4 Å². The highest BCUT2D eigenvalue weighted by atomic mass is 32.2. The van der Waals surface area contributed by atoms with Crippen molar-refractivity contribution in [1.82, 2.24) is 4.72 Å². The van der Waals surface area contributed by atoms with E-state index in [-0.39, 0.29) is 18.7 Å². The zero-order valence-electron chi connectivity index (χ0n) is 7.62. The molecule has 0 rings (SSSR count). The molecule has 72 valence electrons. The predicted molar refractivity (Wildman–Crippen MR) is 47.4 cm³/mol. The molecule has 0 heterocycles. The Balaban J connectivity index is 3.86. The van der Waals surface area contributed by atoms with E-state index in [4.69, 9.17) is 0 Å². The van der Waals surface area contributed by atoms with Crippen LogP contribution in [0.3, 0.4) is 0 Å². The van der Waals surface area contributed by atoms with Gasteiger partial charge in [-0.2, -0.15) is 0 Å². The van der Waals surface area contributed by atoms with Crippen molar-refractivity contribution in [3.05, 3.63) is 0 Å². The molecule has 0 bridgehead atoms. The number of hydrogen-bond acceptors (Lipinski definition) is 3. The Morgan fingerprint density at radius 2 is 1.92 bits per heavy atom. The summed E-state index contributed by atoms with van der Waals surface area (Å²) in [5.41, 5.74) is 0. The van der Waals surface area contributed by atoms with E-state index in [9.17, 15) is 13.2 Å². The molecular formula is C7H15NO3S. The lowest BCUT2D eigenvalue weighted by Gasteiger charge is -2.07. The Labute approximate surface area is 73.4 Å². The van der Waals surface area contributed by atoms with Crippen LogP contribution >= 0.6 is 0 Å².